The first-order chi connectivity index (χ1) is 6.76. The molecule has 0 amide bonds. The summed E-state index contributed by atoms with van der Waals surface area (Å²) in [6, 6.07) is 7.93. The van der Waals surface area contributed by atoms with Crippen LogP contribution in [0, 0.1) is 0 Å². The fourth-order valence-corrected chi connectivity index (χ4v) is 1.07. The SMILES string of the molecule is CCc1ccc(C=CC(=O)ON)cc1. The largest absolute Gasteiger partial charge is 0.370 e. The molecule has 0 aliphatic carbocycles. The highest BCUT2D eigenvalue weighted by molar-refractivity contribution is 5.86. The van der Waals surface area contributed by atoms with Crippen molar-refractivity contribution in [2.24, 2.45) is 5.90 Å². The average molecular weight is 191 g/mol. The zero-order chi connectivity index (χ0) is 10.4. The molecule has 0 aliphatic heterocycles. The molecular formula is C11H13NO2. The van der Waals surface area contributed by atoms with E-state index in [1.165, 1.54) is 11.6 Å². The van der Waals surface area contributed by atoms with Gasteiger partial charge in [0.25, 0.3) is 0 Å². The number of benzene rings is 1. The smallest absolute Gasteiger partial charge is 0.349 e. The third kappa shape index (κ3) is 3.03. The summed E-state index contributed by atoms with van der Waals surface area (Å²) in [6.07, 6.45) is 3.96. The molecule has 0 aliphatic rings. The Labute approximate surface area is 83.1 Å². The van der Waals surface area contributed by atoms with Crippen LogP contribution in [0.3, 0.4) is 0 Å². The second-order valence-corrected chi connectivity index (χ2v) is 2.87. The lowest BCUT2D eigenvalue weighted by Crippen LogP contribution is -2.05. The van der Waals surface area contributed by atoms with Crippen LogP contribution in [0.15, 0.2) is 30.3 Å². The van der Waals surface area contributed by atoms with Gasteiger partial charge in [-0.15, -0.1) is 0 Å². The standard InChI is InChI=1S/C11H13NO2/c1-2-9-3-5-10(6-4-9)7-8-11(13)14-12/h3-8H,2,12H2,1H3. The minimum atomic E-state index is -0.551. The van der Waals surface area contributed by atoms with Crippen LogP contribution in [0.4, 0.5) is 0 Å². The van der Waals surface area contributed by atoms with E-state index < -0.39 is 5.97 Å². The summed E-state index contributed by atoms with van der Waals surface area (Å²) >= 11 is 0. The second kappa shape index (κ2) is 5.19. The van der Waals surface area contributed by atoms with Crippen LogP contribution < -0.4 is 5.90 Å². The van der Waals surface area contributed by atoms with Gasteiger partial charge in [0.2, 0.25) is 0 Å². The molecule has 3 heteroatoms. The predicted molar refractivity (Wildman–Crippen MR) is 55.1 cm³/mol. The highest BCUT2D eigenvalue weighted by atomic mass is 16.7. The van der Waals surface area contributed by atoms with Crippen molar-refractivity contribution in [1.82, 2.24) is 0 Å². The second-order valence-electron chi connectivity index (χ2n) is 2.87. The van der Waals surface area contributed by atoms with Crippen molar-refractivity contribution in [1.29, 1.82) is 0 Å². The molecule has 0 saturated carbocycles. The minimum Gasteiger partial charge on any atom is -0.370 e. The van der Waals surface area contributed by atoms with Gasteiger partial charge in [-0.2, -0.15) is 5.90 Å². The van der Waals surface area contributed by atoms with Gasteiger partial charge in [0.05, 0.1) is 0 Å². The molecule has 0 radical (unpaired) electrons. The molecule has 2 N–H and O–H groups in total. The van der Waals surface area contributed by atoms with Gasteiger partial charge in [-0.25, -0.2) is 4.79 Å². The van der Waals surface area contributed by atoms with E-state index in [1.54, 1.807) is 6.08 Å². The molecule has 1 rings (SSSR count). The van der Waals surface area contributed by atoms with E-state index >= 15 is 0 Å². The van der Waals surface area contributed by atoms with Crippen molar-refractivity contribution < 1.29 is 9.63 Å². The Morgan fingerprint density at radius 1 is 1.43 bits per heavy atom. The summed E-state index contributed by atoms with van der Waals surface area (Å²) in [7, 11) is 0. The minimum absolute atomic E-state index is 0.551. The molecular weight excluding hydrogens is 178 g/mol. The van der Waals surface area contributed by atoms with Gasteiger partial charge in [0.15, 0.2) is 0 Å². The van der Waals surface area contributed by atoms with Crippen LogP contribution in [0.2, 0.25) is 0 Å². The molecule has 14 heavy (non-hydrogen) atoms. The summed E-state index contributed by atoms with van der Waals surface area (Å²) < 4.78 is 0. The normalized spacial score (nSPS) is 10.4. The van der Waals surface area contributed by atoms with Crippen molar-refractivity contribution in [2.75, 3.05) is 0 Å². The van der Waals surface area contributed by atoms with Crippen molar-refractivity contribution in [3.8, 4) is 0 Å². The van der Waals surface area contributed by atoms with Crippen LogP contribution in [0.1, 0.15) is 18.1 Å². The monoisotopic (exact) mass is 191 g/mol. The quantitative estimate of drug-likeness (QED) is 0.584. The van der Waals surface area contributed by atoms with Crippen molar-refractivity contribution in [3.63, 3.8) is 0 Å². The zero-order valence-corrected chi connectivity index (χ0v) is 8.07. The Morgan fingerprint density at radius 3 is 2.57 bits per heavy atom. The van der Waals surface area contributed by atoms with Crippen LogP contribution >= 0.6 is 0 Å². The summed E-state index contributed by atoms with van der Waals surface area (Å²) in [5, 5.41) is 0. The van der Waals surface area contributed by atoms with E-state index in [4.69, 9.17) is 0 Å². The Balaban J connectivity index is 2.68. The Kier molecular flexibility index (Phi) is 3.88. The molecule has 3 nitrogen and oxygen atoms in total. The molecule has 0 spiro atoms. The number of carbonyl (C=O) groups excluding carboxylic acids is 1. The first kappa shape index (κ1) is 10.5. The van der Waals surface area contributed by atoms with Gasteiger partial charge in [-0.05, 0) is 23.6 Å². The van der Waals surface area contributed by atoms with Crippen LogP contribution in [-0.4, -0.2) is 5.97 Å². The average Bonchev–Trinajstić information content (AvgIpc) is 2.26. The first-order valence-electron chi connectivity index (χ1n) is 4.44. The number of hydrogen-bond donors (Lipinski definition) is 1. The summed E-state index contributed by atoms with van der Waals surface area (Å²) in [4.78, 5) is 14.7. The van der Waals surface area contributed by atoms with Crippen LogP contribution in [-0.2, 0) is 16.1 Å². The van der Waals surface area contributed by atoms with Crippen molar-refractivity contribution in [2.45, 2.75) is 13.3 Å². The third-order valence-electron chi connectivity index (χ3n) is 1.92. The Morgan fingerprint density at radius 2 is 2.07 bits per heavy atom. The molecule has 0 bridgehead atoms. The van der Waals surface area contributed by atoms with Crippen molar-refractivity contribution in [3.05, 3.63) is 41.5 Å². The lowest BCUT2D eigenvalue weighted by atomic mass is 10.1. The maximum atomic E-state index is 10.7. The van der Waals surface area contributed by atoms with E-state index in [-0.39, 0.29) is 0 Å². The fraction of sp³-hybridized carbons (Fsp3) is 0.182. The van der Waals surface area contributed by atoms with Gasteiger partial charge >= 0.3 is 5.97 Å². The summed E-state index contributed by atoms with van der Waals surface area (Å²) in [5.74, 6) is 4.13. The number of carbonyl (C=O) groups is 1. The van der Waals surface area contributed by atoms with Gasteiger partial charge in [0, 0.05) is 6.08 Å². The predicted octanol–water partition coefficient (Wildman–Crippen LogP) is 1.68. The zero-order valence-electron chi connectivity index (χ0n) is 8.07. The maximum Gasteiger partial charge on any atom is 0.349 e. The lowest BCUT2D eigenvalue weighted by Gasteiger charge is -1.96. The number of rotatable bonds is 3. The van der Waals surface area contributed by atoms with E-state index in [0.29, 0.717) is 0 Å². The molecule has 74 valence electrons. The highest BCUT2D eigenvalue weighted by Crippen LogP contribution is 2.06. The topological polar surface area (TPSA) is 52.3 Å². The van der Waals surface area contributed by atoms with Crippen molar-refractivity contribution >= 4 is 12.0 Å². The van der Waals surface area contributed by atoms with Gasteiger partial charge < -0.3 is 4.84 Å². The van der Waals surface area contributed by atoms with Gasteiger partial charge in [-0.3, -0.25) is 0 Å². The molecule has 0 saturated heterocycles. The van der Waals surface area contributed by atoms with Gasteiger partial charge in [-0.1, -0.05) is 31.2 Å². The lowest BCUT2D eigenvalue weighted by molar-refractivity contribution is -0.138. The van der Waals surface area contributed by atoms with E-state index in [0.717, 1.165) is 12.0 Å². The number of nitrogens with two attached hydrogens (primary N) is 1. The Bertz CT molecular complexity index is 328. The highest BCUT2D eigenvalue weighted by Gasteiger charge is 1.92. The maximum absolute atomic E-state index is 10.7. The Hall–Kier alpha value is -1.61. The van der Waals surface area contributed by atoms with Crippen LogP contribution in [0.25, 0.3) is 6.08 Å². The molecule has 1 aromatic rings. The van der Waals surface area contributed by atoms with Crippen LogP contribution in [0.5, 0.6) is 0 Å². The third-order valence-corrected chi connectivity index (χ3v) is 1.92. The summed E-state index contributed by atoms with van der Waals surface area (Å²) in [6.45, 7) is 2.09. The molecule has 0 atom stereocenters. The molecule has 0 fully saturated rings. The molecule has 0 heterocycles. The first-order valence-corrected chi connectivity index (χ1v) is 4.44. The number of aryl methyl sites for hydroxylation is 1. The van der Waals surface area contributed by atoms with Gasteiger partial charge in [0.1, 0.15) is 0 Å². The fourth-order valence-electron chi connectivity index (χ4n) is 1.07. The number of hydrogen-bond acceptors (Lipinski definition) is 3. The molecule has 0 aromatic heterocycles. The van der Waals surface area contributed by atoms with E-state index in [2.05, 4.69) is 17.7 Å². The molecule has 0 unspecified atom stereocenters. The summed E-state index contributed by atoms with van der Waals surface area (Å²) in [5.41, 5.74) is 2.22. The van der Waals surface area contributed by atoms with E-state index in [9.17, 15) is 4.79 Å². The molecule has 1 aromatic carbocycles. The van der Waals surface area contributed by atoms with E-state index in [1.807, 2.05) is 24.3 Å².